The van der Waals surface area contributed by atoms with Crippen LogP contribution in [0.25, 0.3) is 0 Å². The van der Waals surface area contributed by atoms with Crippen molar-refractivity contribution in [2.24, 2.45) is 0 Å². The van der Waals surface area contributed by atoms with Crippen molar-refractivity contribution in [3.05, 3.63) is 64.7 Å². The molecule has 1 aliphatic heterocycles. The van der Waals surface area contributed by atoms with Gasteiger partial charge in [0.2, 0.25) is 10.0 Å². The Morgan fingerprint density at radius 1 is 1.12 bits per heavy atom. The van der Waals surface area contributed by atoms with E-state index < -0.39 is 16.3 Å². The van der Waals surface area contributed by atoms with Crippen LogP contribution >= 0.6 is 11.6 Å². The summed E-state index contributed by atoms with van der Waals surface area (Å²) in [6.45, 7) is 4.28. The van der Waals surface area contributed by atoms with Crippen LogP contribution in [-0.2, 0) is 14.8 Å². The van der Waals surface area contributed by atoms with Crippen LogP contribution in [0.2, 0.25) is 5.02 Å². The maximum Gasteiger partial charge on any atom is 0.245 e. The fraction of sp³-hybridized carbons (Fsp3) is 0.333. The van der Waals surface area contributed by atoms with Crippen molar-refractivity contribution in [1.29, 1.82) is 0 Å². The molecule has 0 spiro atoms. The van der Waals surface area contributed by atoms with Gasteiger partial charge in [-0.1, -0.05) is 48.4 Å². The Balaban J connectivity index is 2.02. The van der Waals surface area contributed by atoms with Gasteiger partial charge in [-0.25, -0.2) is 8.42 Å². The predicted octanol–water partition coefficient (Wildman–Crippen LogP) is 4.15. The highest BCUT2D eigenvalue weighted by atomic mass is 35.5. The number of nitrogens with zero attached hydrogens (tertiary/aromatic N) is 1. The smallest absolute Gasteiger partial charge is 0.245 e. The minimum atomic E-state index is -3.65. The number of halogens is 1. The average molecular weight is 366 g/mol. The predicted molar refractivity (Wildman–Crippen MR) is 94.4 cm³/mol. The van der Waals surface area contributed by atoms with Crippen LogP contribution in [0, 0.1) is 6.92 Å². The van der Waals surface area contributed by atoms with E-state index in [1.807, 2.05) is 38.1 Å². The van der Waals surface area contributed by atoms with Crippen LogP contribution in [0.4, 0.5) is 0 Å². The van der Waals surface area contributed by atoms with E-state index in [2.05, 4.69) is 0 Å². The Kier molecular flexibility index (Phi) is 4.97. The first-order chi connectivity index (χ1) is 11.4. The zero-order valence-electron chi connectivity index (χ0n) is 13.6. The number of rotatable bonds is 4. The molecule has 0 radical (unpaired) electrons. The second-order valence-corrected chi connectivity index (χ2v) is 8.23. The van der Waals surface area contributed by atoms with Crippen LogP contribution < -0.4 is 0 Å². The third kappa shape index (κ3) is 3.22. The lowest BCUT2D eigenvalue weighted by Gasteiger charge is -2.27. The zero-order valence-corrected chi connectivity index (χ0v) is 15.2. The molecule has 0 aliphatic carbocycles. The fourth-order valence-electron chi connectivity index (χ4n) is 2.86. The number of aryl methyl sites for hydroxylation is 1. The minimum Gasteiger partial charge on any atom is -0.356 e. The Bertz CT molecular complexity index is 803. The summed E-state index contributed by atoms with van der Waals surface area (Å²) in [7, 11) is -3.65. The van der Waals surface area contributed by atoms with Crippen molar-refractivity contribution in [2.45, 2.75) is 37.4 Å². The molecule has 0 aromatic heterocycles. The maximum absolute atomic E-state index is 13.2. The van der Waals surface area contributed by atoms with Crippen LogP contribution in [-0.4, -0.2) is 25.4 Å². The lowest BCUT2D eigenvalue weighted by atomic mass is 10.2. The van der Waals surface area contributed by atoms with Crippen molar-refractivity contribution >= 4 is 21.6 Å². The monoisotopic (exact) mass is 365 g/mol. The molecule has 1 saturated heterocycles. The lowest BCUT2D eigenvalue weighted by Crippen LogP contribution is -2.38. The summed E-state index contributed by atoms with van der Waals surface area (Å²) in [4.78, 5) is 0.288. The number of ether oxygens (including phenoxy) is 1. The van der Waals surface area contributed by atoms with Gasteiger partial charge < -0.3 is 4.74 Å². The Morgan fingerprint density at radius 3 is 2.33 bits per heavy atom. The molecule has 0 bridgehead atoms. The number of hydrogen-bond acceptors (Lipinski definition) is 3. The van der Waals surface area contributed by atoms with Crippen LogP contribution in [0.1, 0.15) is 30.7 Å². The van der Waals surface area contributed by atoms with E-state index in [4.69, 9.17) is 16.3 Å². The summed E-state index contributed by atoms with van der Waals surface area (Å²) in [5.74, 6) is 0. The molecule has 2 aromatic rings. The van der Waals surface area contributed by atoms with E-state index >= 15 is 0 Å². The normalized spacial score (nSPS) is 22.0. The summed E-state index contributed by atoms with van der Waals surface area (Å²) in [5.41, 5.74) is 1.80. The van der Waals surface area contributed by atoms with Crippen LogP contribution in [0.15, 0.2) is 53.4 Å². The molecule has 6 heteroatoms. The lowest BCUT2D eigenvalue weighted by molar-refractivity contribution is 0.0681. The van der Waals surface area contributed by atoms with Gasteiger partial charge in [0, 0.05) is 5.02 Å². The molecule has 1 fully saturated rings. The van der Waals surface area contributed by atoms with Crippen molar-refractivity contribution in [1.82, 2.24) is 4.31 Å². The molecule has 0 amide bonds. The Labute approximate surface area is 148 Å². The van der Waals surface area contributed by atoms with Crippen molar-refractivity contribution in [3.8, 4) is 0 Å². The summed E-state index contributed by atoms with van der Waals surface area (Å²) in [5, 5.41) is 0.608. The van der Waals surface area contributed by atoms with Crippen LogP contribution in [0.3, 0.4) is 0 Å². The Hall–Kier alpha value is -1.40. The van der Waals surface area contributed by atoms with Gasteiger partial charge in [0.1, 0.15) is 6.23 Å². The molecule has 2 atom stereocenters. The number of benzene rings is 2. The highest BCUT2D eigenvalue weighted by Gasteiger charge is 2.43. The summed E-state index contributed by atoms with van der Waals surface area (Å²) >= 11 is 5.94. The molecule has 0 N–H and O–H groups in total. The standard InChI is InChI=1S/C18H20ClNO3S/c1-3-16-12-23-18(14-6-8-15(19)9-7-14)20(16)24(21,22)17-10-4-13(2)5-11-17/h4-11,16,18H,3,12H2,1-2H3/t16-,18-/m1/s1. The van der Waals surface area contributed by atoms with Crippen molar-refractivity contribution < 1.29 is 13.2 Å². The highest BCUT2D eigenvalue weighted by molar-refractivity contribution is 7.89. The van der Waals surface area contributed by atoms with Gasteiger partial charge in [-0.3, -0.25) is 0 Å². The molecular formula is C18H20ClNO3S. The third-order valence-corrected chi connectivity index (χ3v) is 6.42. The molecule has 128 valence electrons. The largest absolute Gasteiger partial charge is 0.356 e. The van der Waals surface area contributed by atoms with Gasteiger partial charge >= 0.3 is 0 Å². The van der Waals surface area contributed by atoms with Gasteiger partial charge in [0.25, 0.3) is 0 Å². The van der Waals surface area contributed by atoms with Crippen molar-refractivity contribution in [3.63, 3.8) is 0 Å². The SMILES string of the molecule is CC[C@@H]1CO[C@H](c2ccc(Cl)cc2)N1S(=O)(=O)c1ccc(C)cc1. The second-order valence-electron chi connectivity index (χ2n) is 5.95. The molecule has 2 aromatic carbocycles. The molecule has 0 saturated carbocycles. The van der Waals surface area contributed by atoms with Gasteiger partial charge in [0.05, 0.1) is 17.5 Å². The molecule has 24 heavy (non-hydrogen) atoms. The Morgan fingerprint density at radius 2 is 1.75 bits per heavy atom. The van der Waals surface area contributed by atoms with Gasteiger partial charge in [-0.15, -0.1) is 0 Å². The van der Waals surface area contributed by atoms with E-state index in [0.29, 0.717) is 18.1 Å². The van der Waals surface area contributed by atoms with Gasteiger partial charge in [-0.2, -0.15) is 4.31 Å². The van der Waals surface area contributed by atoms with E-state index in [0.717, 1.165) is 11.1 Å². The maximum atomic E-state index is 13.2. The number of sulfonamides is 1. The van der Waals surface area contributed by atoms with E-state index in [9.17, 15) is 8.42 Å². The molecule has 3 rings (SSSR count). The average Bonchev–Trinajstić information content (AvgIpc) is 3.01. The topological polar surface area (TPSA) is 46.6 Å². The molecule has 1 aliphatic rings. The number of hydrogen-bond donors (Lipinski definition) is 0. The quantitative estimate of drug-likeness (QED) is 0.817. The van der Waals surface area contributed by atoms with Gasteiger partial charge in [-0.05, 0) is 43.2 Å². The third-order valence-electron chi connectivity index (χ3n) is 4.26. The first kappa shape index (κ1) is 17.4. The highest BCUT2D eigenvalue weighted by Crippen LogP contribution is 2.37. The summed E-state index contributed by atoms with van der Waals surface area (Å²) in [6.07, 6.45) is 0.0633. The first-order valence-electron chi connectivity index (χ1n) is 7.90. The first-order valence-corrected chi connectivity index (χ1v) is 9.72. The van der Waals surface area contributed by atoms with Gasteiger partial charge in [0.15, 0.2) is 0 Å². The summed E-state index contributed by atoms with van der Waals surface area (Å²) < 4.78 is 33.7. The van der Waals surface area contributed by atoms with E-state index in [1.54, 1.807) is 24.3 Å². The molecular weight excluding hydrogens is 346 g/mol. The van der Waals surface area contributed by atoms with E-state index in [-0.39, 0.29) is 10.9 Å². The molecule has 0 unspecified atom stereocenters. The van der Waals surface area contributed by atoms with Crippen molar-refractivity contribution in [2.75, 3.05) is 6.61 Å². The van der Waals surface area contributed by atoms with Crippen LogP contribution in [0.5, 0.6) is 0 Å². The molecule has 1 heterocycles. The minimum absolute atomic E-state index is 0.183. The molecule has 4 nitrogen and oxygen atoms in total. The zero-order chi connectivity index (χ0) is 17.3. The second kappa shape index (κ2) is 6.84. The summed E-state index contributed by atoms with van der Waals surface area (Å²) in [6, 6.07) is 13.8. The van der Waals surface area contributed by atoms with E-state index in [1.165, 1.54) is 4.31 Å². The fourth-order valence-corrected chi connectivity index (χ4v) is 4.75.